The van der Waals surface area contributed by atoms with Gasteiger partial charge in [-0.05, 0) is 50.6 Å². The highest BCUT2D eigenvalue weighted by atomic mass is 35.5. The maximum atomic E-state index is 6.33. The monoisotopic (exact) mass is 410 g/mol. The Labute approximate surface area is 177 Å². The molecule has 1 aliphatic rings. The maximum Gasteiger partial charge on any atom is 0.235 e. The summed E-state index contributed by atoms with van der Waals surface area (Å²) in [6.07, 6.45) is 2.13. The smallest absolute Gasteiger partial charge is 0.235 e. The Morgan fingerprint density at radius 3 is 2.34 bits per heavy atom. The molecule has 1 saturated heterocycles. The molecule has 0 bridgehead atoms. The molecular weight excluding hydrogens is 384 g/mol. The number of rotatable bonds is 7. The molecule has 29 heavy (non-hydrogen) atoms. The van der Waals surface area contributed by atoms with Crippen LogP contribution < -0.4 is 9.64 Å². The summed E-state index contributed by atoms with van der Waals surface area (Å²) < 4.78 is 5.91. The summed E-state index contributed by atoms with van der Waals surface area (Å²) in [5.74, 6) is 0.650. The van der Waals surface area contributed by atoms with Crippen LogP contribution in [0.15, 0.2) is 48.5 Å². The number of fused-ring (bicyclic) bond motifs is 1. The van der Waals surface area contributed by atoms with Gasteiger partial charge < -0.3 is 9.64 Å². The number of benzene rings is 2. The van der Waals surface area contributed by atoms with E-state index in [1.54, 1.807) is 0 Å². The summed E-state index contributed by atoms with van der Waals surface area (Å²) in [7, 11) is 0. The van der Waals surface area contributed by atoms with Crippen molar-refractivity contribution in [2.24, 2.45) is 0 Å². The van der Waals surface area contributed by atoms with Gasteiger partial charge >= 0.3 is 0 Å². The zero-order valence-corrected chi connectivity index (χ0v) is 17.6. The predicted octanol–water partition coefficient (Wildman–Crippen LogP) is 4.57. The summed E-state index contributed by atoms with van der Waals surface area (Å²) in [5.41, 5.74) is 3.78. The molecule has 0 amide bonds. The highest BCUT2D eigenvalue weighted by Crippen LogP contribution is 2.26. The largest absolute Gasteiger partial charge is 0.476 e. The zero-order chi connectivity index (χ0) is 20.1. The van der Waals surface area contributed by atoms with Crippen LogP contribution in [0, 0.1) is 6.92 Å². The SMILES string of the molecule is Cc1nc2ccccc2nc1OCCCCN1CCN(c2ccccc2Cl)CC1. The topological polar surface area (TPSA) is 41.5 Å². The Bertz CT molecular complexity index is 957. The van der Waals surface area contributed by atoms with Crippen molar-refractivity contribution in [3.63, 3.8) is 0 Å². The molecule has 0 N–H and O–H groups in total. The fraction of sp³-hybridized carbons (Fsp3) is 0.391. The zero-order valence-electron chi connectivity index (χ0n) is 16.9. The van der Waals surface area contributed by atoms with Crippen molar-refractivity contribution >= 4 is 28.3 Å². The lowest BCUT2D eigenvalue weighted by molar-refractivity contribution is 0.236. The molecule has 5 nitrogen and oxygen atoms in total. The molecule has 1 aliphatic heterocycles. The molecular formula is C23H27ClN4O. The Morgan fingerprint density at radius 1 is 0.897 bits per heavy atom. The minimum absolute atomic E-state index is 0.650. The van der Waals surface area contributed by atoms with E-state index in [2.05, 4.69) is 31.9 Å². The van der Waals surface area contributed by atoms with Gasteiger partial charge in [0.05, 0.1) is 28.4 Å². The van der Waals surface area contributed by atoms with Crippen molar-refractivity contribution in [2.75, 3.05) is 44.2 Å². The van der Waals surface area contributed by atoms with Gasteiger partial charge in [0.15, 0.2) is 0 Å². The number of hydrogen-bond acceptors (Lipinski definition) is 5. The first-order chi connectivity index (χ1) is 14.2. The van der Waals surface area contributed by atoms with Gasteiger partial charge in [-0.3, -0.25) is 4.90 Å². The molecule has 6 heteroatoms. The average Bonchev–Trinajstić information content (AvgIpc) is 2.75. The molecule has 0 radical (unpaired) electrons. The summed E-state index contributed by atoms with van der Waals surface area (Å²) in [5, 5.41) is 0.838. The summed E-state index contributed by atoms with van der Waals surface area (Å²) in [6, 6.07) is 16.0. The molecule has 0 atom stereocenters. The third-order valence-electron chi connectivity index (χ3n) is 5.37. The third-order valence-corrected chi connectivity index (χ3v) is 5.69. The number of nitrogens with zero attached hydrogens (tertiary/aromatic N) is 4. The molecule has 0 saturated carbocycles. The number of halogens is 1. The van der Waals surface area contributed by atoms with E-state index in [0.717, 1.165) is 73.0 Å². The molecule has 1 aromatic heterocycles. The van der Waals surface area contributed by atoms with Gasteiger partial charge in [0.1, 0.15) is 5.69 Å². The minimum atomic E-state index is 0.650. The van der Waals surface area contributed by atoms with Crippen LogP contribution in [-0.4, -0.2) is 54.2 Å². The second kappa shape index (κ2) is 9.42. The van der Waals surface area contributed by atoms with Gasteiger partial charge in [-0.2, -0.15) is 0 Å². The normalized spacial score (nSPS) is 15.0. The number of aromatic nitrogens is 2. The molecule has 2 heterocycles. The van der Waals surface area contributed by atoms with Crippen molar-refractivity contribution in [1.82, 2.24) is 14.9 Å². The van der Waals surface area contributed by atoms with Crippen molar-refractivity contribution in [3.05, 3.63) is 59.2 Å². The van der Waals surface area contributed by atoms with E-state index in [9.17, 15) is 0 Å². The van der Waals surface area contributed by atoms with Gasteiger partial charge in [0, 0.05) is 26.2 Å². The standard InChI is InChI=1S/C23H27ClN4O/c1-18-23(26-21-10-4-3-9-20(21)25-18)29-17-7-6-12-27-13-15-28(16-14-27)22-11-5-2-8-19(22)24/h2-5,8-11H,6-7,12-17H2,1H3. The summed E-state index contributed by atoms with van der Waals surface area (Å²) in [6.45, 7) is 7.91. The minimum Gasteiger partial charge on any atom is -0.476 e. The lowest BCUT2D eigenvalue weighted by Gasteiger charge is -2.36. The van der Waals surface area contributed by atoms with Gasteiger partial charge in [-0.1, -0.05) is 35.9 Å². The van der Waals surface area contributed by atoms with E-state index in [-0.39, 0.29) is 0 Å². The number of unbranched alkanes of at least 4 members (excludes halogenated alkanes) is 1. The van der Waals surface area contributed by atoms with E-state index >= 15 is 0 Å². The van der Waals surface area contributed by atoms with Crippen LogP contribution in [0.25, 0.3) is 11.0 Å². The van der Waals surface area contributed by atoms with Gasteiger partial charge in [0.2, 0.25) is 5.88 Å². The Balaban J connectivity index is 1.18. The maximum absolute atomic E-state index is 6.33. The number of aryl methyl sites for hydroxylation is 1. The van der Waals surface area contributed by atoms with Crippen LogP contribution >= 0.6 is 11.6 Å². The van der Waals surface area contributed by atoms with Crippen molar-refractivity contribution in [2.45, 2.75) is 19.8 Å². The second-order valence-corrected chi connectivity index (χ2v) is 7.85. The lowest BCUT2D eigenvalue weighted by Crippen LogP contribution is -2.46. The number of piperazine rings is 1. The van der Waals surface area contributed by atoms with Crippen LogP contribution in [-0.2, 0) is 0 Å². The van der Waals surface area contributed by atoms with E-state index in [1.165, 1.54) is 0 Å². The van der Waals surface area contributed by atoms with Crippen LogP contribution in [0.3, 0.4) is 0 Å². The van der Waals surface area contributed by atoms with Gasteiger partial charge in [-0.15, -0.1) is 0 Å². The predicted molar refractivity (Wildman–Crippen MR) is 119 cm³/mol. The molecule has 1 fully saturated rings. The first-order valence-corrected chi connectivity index (χ1v) is 10.7. The molecule has 2 aromatic carbocycles. The average molecular weight is 411 g/mol. The Hall–Kier alpha value is -2.37. The van der Waals surface area contributed by atoms with Crippen LogP contribution in [0.2, 0.25) is 5.02 Å². The molecule has 0 aliphatic carbocycles. The van der Waals surface area contributed by atoms with E-state index < -0.39 is 0 Å². The van der Waals surface area contributed by atoms with Crippen LogP contribution in [0.1, 0.15) is 18.5 Å². The molecule has 0 unspecified atom stereocenters. The van der Waals surface area contributed by atoms with Crippen molar-refractivity contribution < 1.29 is 4.74 Å². The second-order valence-electron chi connectivity index (χ2n) is 7.44. The number of para-hydroxylation sites is 3. The number of hydrogen-bond donors (Lipinski definition) is 0. The van der Waals surface area contributed by atoms with Crippen LogP contribution in [0.5, 0.6) is 5.88 Å². The van der Waals surface area contributed by atoms with Crippen molar-refractivity contribution in [3.8, 4) is 5.88 Å². The quantitative estimate of drug-likeness (QED) is 0.533. The number of anilines is 1. The fourth-order valence-electron chi connectivity index (χ4n) is 3.74. The molecule has 4 rings (SSSR count). The van der Waals surface area contributed by atoms with Crippen LogP contribution in [0.4, 0.5) is 5.69 Å². The first kappa shape index (κ1) is 19.9. The lowest BCUT2D eigenvalue weighted by atomic mass is 10.2. The van der Waals surface area contributed by atoms with E-state index in [1.807, 2.05) is 43.3 Å². The fourth-order valence-corrected chi connectivity index (χ4v) is 3.99. The van der Waals surface area contributed by atoms with Gasteiger partial charge in [-0.25, -0.2) is 9.97 Å². The van der Waals surface area contributed by atoms with E-state index in [0.29, 0.717) is 12.5 Å². The van der Waals surface area contributed by atoms with E-state index in [4.69, 9.17) is 16.3 Å². The molecule has 3 aromatic rings. The summed E-state index contributed by atoms with van der Waals surface area (Å²) >= 11 is 6.33. The Kier molecular flexibility index (Phi) is 6.47. The number of ether oxygens (including phenoxy) is 1. The third kappa shape index (κ3) is 4.98. The first-order valence-electron chi connectivity index (χ1n) is 10.3. The molecule has 152 valence electrons. The Morgan fingerprint density at radius 2 is 1.59 bits per heavy atom. The highest BCUT2D eigenvalue weighted by molar-refractivity contribution is 6.33. The van der Waals surface area contributed by atoms with Crippen molar-refractivity contribution in [1.29, 1.82) is 0 Å². The summed E-state index contributed by atoms with van der Waals surface area (Å²) in [4.78, 5) is 14.1. The highest BCUT2D eigenvalue weighted by Gasteiger charge is 2.18. The molecule has 0 spiro atoms. The van der Waals surface area contributed by atoms with Gasteiger partial charge in [0.25, 0.3) is 0 Å².